The molecule has 2 heteroatoms. The predicted octanol–water partition coefficient (Wildman–Crippen LogP) is 4.92. The second kappa shape index (κ2) is 7.44. The van der Waals surface area contributed by atoms with E-state index in [1.54, 1.807) is 0 Å². The summed E-state index contributed by atoms with van der Waals surface area (Å²) >= 11 is 0. The van der Waals surface area contributed by atoms with Crippen LogP contribution in [0.25, 0.3) is 0 Å². The van der Waals surface area contributed by atoms with E-state index in [1.807, 2.05) is 12.1 Å². The van der Waals surface area contributed by atoms with Crippen molar-refractivity contribution in [2.24, 2.45) is 0 Å². The van der Waals surface area contributed by atoms with Crippen molar-refractivity contribution in [1.29, 1.82) is 5.26 Å². The SMILES string of the molecule is N#CC1(N(Cc2ccccc2)Cc2ccccc2)CCCCC1. The summed E-state index contributed by atoms with van der Waals surface area (Å²) in [6.07, 6.45) is 5.56. The fourth-order valence-electron chi connectivity index (χ4n) is 3.60. The maximum absolute atomic E-state index is 9.98. The van der Waals surface area contributed by atoms with E-state index in [1.165, 1.54) is 17.5 Å². The second-order valence-corrected chi connectivity index (χ2v) is 6.53. The molecule has 0 unspecified atom stereocenters. The summed E-state index contributed by atoms with van der Waals surface area (Å²) in [5.41, 5.74) is 2.25. The van der Waals surface area contributed by atoms with Crippen molar-refractivity contribution in [3.05, 3.63) is 71.8 Å². The molecular formula is C21H24N2. The number of nitrogens with zero attached hydrogens (tertiary/aromatic N) is 2. The highest BCUT2D eigenvalue weighted by atomic mass is 15.2. The quantitative estimate of drug-likeness (QED) is 0.784. The van der Waals surface area contributed by atoms with Crippen molar-refractivity contribution in [2.45, 2.75) is 50.7 Å². The molecule has 2 aromatic rings. The third-order valence-corrected chi connectivity index (χ3v) is 4.93. The molecule has 1 fully saturated rings. The minimum atomic E-state index is -0.316. The van der Waals surface area contributed by atoms with Crippen LogP contribution in [0.3, 0.4) is 0 Å². The number of rotatable bonds is 5. The van der Waals surface area contributed by atoms with E-state index in [2.05, 4.69) is 59.5 Å². The minimum absolute atomic E-state index is 0.316. The van der Waals surface area contributed by atoms with E-state index in [4.69, 9.17) is 0 Å². The van der Waals surface area contributed by atoms with Crippen LogP contribution in [0.5, 0.6) is 0 Å². The van der Waals surface area contributed by atoms with Gasteiger partial charge >= 0.3 is 0 Å². The van der Waals surface area contributed by atoms with Crippen LogP contribution >= 0.6 is 0 Å². The molecule has 2 aromatic carbocycles. The molecule has 0 spiro atoms. The Kier molecular flexibility index (Phi) is 5.10. The zero-order chi connectivity index (χ0) is 16.0. The lowest BCUT2D eigenvalue weighted by molar-refractivity contribution is 0.0817. The van der Waals surface area contributed by atoms with E-state index in [0.29, 0.717) is 0 Å². The van der Waals surface area contributed by atoms with E-state index in [0.717, 1.165) is 38.8 Å². The predicted molar refractivity (Wildman–Crippen MR) is 93.6 cm³/mol. The lowest BCUT2D eigenvalue weighted by Gasteiger charge is -2.41. The Labute approximate surface area is 139 Å². The fraction of sp³-hybridized carbons (Fsp3) is 0.381. The van der Waals surface area contributed by atoms with Gasteiger partial charge in [0.15, 0.2) is 0 Å². The summed E-state index contributed by atoms with van der Waals surface area (Å²) in [5, 5.41) is 9.98. The van der Waals surface area contributed by atoms with Crippen LogP contribution in [0.15, 0.2) is 60.7 Å². The molecule has 0 bridgehead atoms. The number of hydrogen-bond donors (Lipinski definition) is 0. The van der Waals surface area contributed by atoms with Crippen molar-refractivity contribution in [2.75, 3.05) is 0 Å². The van der Waals surface area contributed by atoms with Crippen LogP contribution in [-0.4, -0.2) is 10.4 Å². The molecule has 23 heavy (non-hydrogen) atoms. The number of benzene rings is 2. The van der Waals surface area contributed by atoms with Crippen LogP contribution in [0.4, 0.5) is 0 Å². The molecule has 0 saturated heterocycles. The highest BCUT2D eigenvalue weighted by Crippen LogP contribution is 2.35. The zero-order valence-electron chi connectivity index (χ0n) is 13.6. The molecule has 3 rings (SSSR count). The first-order valence-corrected chi connectivity index (χ1v) is 8.57. The third kappa shape index (κ3) is 3.81. The van der Waals surface area contributed by atoms with Crippen LogP contribution in [0, 0.1) is 11.3 Å². The Balaban J connectivity index is 1.87. The van der Waals surface area contributed by atoms with Gasteiger partial charge in [0.1, 0.15) is 5.54 Å². The Morgan fingerprint density at radius 3 is 1.70 bits per heavy atom. The van der Waals surface area contributed by atoms with Crippen LogP contribution in [-0.2, 0) is 13.1 Å². The largest absolute Gasteiger partial charge is 0.277 e. The Morgan fingerprint density at radius 1 is 0.783 bits per heavy atom. The molecule has 0 aliphatic heterocycles. The fourth-order valence-corrected chi connectivity index (χ4v) is 3.60. The van der Waals surface area contributed by atoms with Gasteiger partial charge in [0.2, 0.25) is 0 Å². The number of hydrogen-bond acceptors (Lipinski definition) is 2. The summed E-state index contributed by atoms with van der Waals surface area (Å²) in [6.45, 7) is 1.67. The zero-order valence-corrected chi connectivity index (χ0v) is 13.6. The highest BCUT2D eigenvalue weighted by molar-refractivity contribution is 5.20. The molecule has 0 heterocycles. The molecule has 118 valence electrons. The van der Waals surface area contributed by atoms with Gasteiger partial charge < -0.3 is 0 Å². The van der Waals surface area contributed by atoms with Gasteiger partial charge in [-0.25, -0.2) is 0 Å². The Bertz CT molecular complexity index is 595. The van der Waals surface area contributed by atoms with Crippen molar-refractivity contribution in [3.8, 4) is 6.07 Å². The smallest absolute Gasteiger partial charge is 0.109 e. The Morgan fingerprint density at radius 2 is 1.26 bits per heavy atom. The molecule has 0 atom stereocenters. The molecule has 2 nitrogen and oxygen atoms in total. The highest BCUT2D eigenvalue weighted by Gasteiger charge is 2.38. The normalized spacial score (nSPS) is 16.9. The van der Waals surface area contributed by atoms with Crippen LogP contribution in [0.2, 0.25) is 0 Å². The Hall–Kier alpha value is -2.11. The average Bonchev–Trinajstić information content (AvgIpc) is 2.63. The summed E-state index contributed by atoms with van der Waals surface area (Å²) in [6, 6.07) is 23.7. The maximum atomic E-state index is 9.98. The van der Waals surface area contributed by atoms with Gasteiger partial charge in [-0.2, -0.15) is 5.26 Å². The van der Waals surface area contributed by atoms with E-state index in [-0.39, 0.29) is 5.54 Å². The summed E-state index contributed by atoms with van der Waals surface area (Å²) in [4.78, 5) is 2.40. The van der Waals surface area contributed by atoms with Gasteiger partial charge in [-0.1, -0.05) is 79.9 Å². The van der Waals surface area contributed by atoms with Crippen molar-refractivity contribution in [3.63, 3.8) is 0 Å². The molecular weight excluding hydrogens is 280 g/mol. The van der Waals surface area contributed by atoms with E-state index >= 15 is 0 Å². The molecule has 1 aliphatic rings. The molecule has 1 saturated carbocycles. The monoisotopic (exact) mass is 304 g/mol. The average molecular weight is 304 g/mol. The van der Waals surface area contributed by atoms with Gasteiger partial charge in [0, 0.05) is 13.1 Å². The van der Waals surface area contributed by atoms with Gasteiger partial charge in [0.05, 0.1) is 6.07 Å². The first-order chi connectivity index (χ1) is 11.3. The van der Waals surface area contributed by atoms with Gasteiger partial charge in [0.25, 0.3) is 0 Å². The molecule has 0 radical (unpaired) electrons. The van der Waals surface area contributed by atoms with E-state index < -0.39 is 0 Å². The standard InChI is InChI=1S/C21H24N2/c22-18-21(14-8-3-9-15-21)23(16-19-10-4-1-5-11-19)17-20-12-6-2-7-13-20/h1-2,4-7,10-13H,3,8-9,14-17H2. The van der Waals surface area contributed by atoms with E-state index in [9.17, 15) is 5.26 Å². The van der Waals surface area contributed by atoms with Crippen LogP contribution < -0.4 is 0 Å². The molecule has 0 N–H and O–H groups in total. The first-order valence-electron chi connectivity index (χ1n) is 8.57. The lowest BCUT2D eigenvalue weighted by Crippen LogP contribution is -2.48. The topological polar surface area (TPSA) is 27.0 Å². The minimum Gasteiger partial charge on any atom is -0.277 e. The maximum Gasteiger partial charge on any atom is 0.109 e. The summed E-state index contributed by atoms with van der Waals surface area (Å²) in [5.74, 6) is 0. The van der Waals surface area contributed by atoms with Gasteiger partial charge in [-0.3, -0.25) is 4.90 Å². The molecule has 0 aromatic heterocycles. The van der Waals surface area contributed by atoms with Gasteiger partial charge in [-0.05, 0) is 24.0 Å². The summed E-state index contributed by atoms with van der Waals surface area (Å²) in [7, 11) is 0. The second-order valence-electron chi connectivity index (χ2n) is 6.53. The lowest BCUT2D eigenvalue weighted by atomic mass is 9.81. The van der Waals surface area contributed by atoms with Crippen molar-refractivity contribution < 1.29 is 0 Å². The number of nitriles is 1. The first kappa shape index (κ1) is 15.8. The van der Waals surface area contributed by atoms with Gasteiger partial charge in [-0.15, -0.1) is 0 Å². The molecule has 1 aliphatic carbocycles. The van der Waals surface area contributed by atoms with Crippen molar-refractivity contribution >= 4 is 0 Å². The molecule has 0 amide bonds. The summed E-state index contributed by atoms with van der Waals surface area (Å²) < 4.78 is 0. The van der Waals surface area contributed by atoms with Crippen molar-refractivity contribution in [1.82, 2.24) is 4.90 Å². The van der Waals surface area contributed by atoms with Crippen LogP contribution in [0.1, 0.15) is 43.2 Å². The third-order valence-electron chi connectivity index (χ3n) is 4.93.